The van der Waals surface area contributed by atoms with Gasteiger partial charge in [-0.2, -0.15) is 5.10 Å². The van der Waals surface area contributed by atoms with Crippen LogP contribution in [0.4, 0.5) is 0 Å². The topological polar surface area (TPSA) is 34.9 Å². The molecule has 0 saturated carbocycles. The van der Waals surface area contributed by atoms with Gasteiger partial charge in [0.15, 0.2) is 0 Å². The summed E-state index contributed by atoms with van der Waals surface area (Å²) in [4.78, 5) is 10.1. The maximum Gasteiger partial charge on any atom is 0.131 e. The first-order valence-corrected chi connectivity index (χ1v) is 4.93. The lowest BCUT2D eigenvalue weighted by atomic mass is 10.3. The molecular weight excluding hydrogens is 200 g/mol. The standard InChI is InChI=1S/C13H10N2O/c16-9-5-4-6-12-10-14-15(11-12)13-7-2-1-3-8-13/h1-3,7-11H,5H2. The summed E-state index contributed by atoms with van der Waals surface area (Å²) in [7, 11) is 0. The lowest BCUT2D eigenvalue weighted by molar-refractivity contribution is -0.107. The van der Waals surface area contributed by atoms with Crippen molar-refractivity contribution in [1.29, 1.82) is 0 Å². The number of para-hydroxylation sites is 1. The monoisotopic (exact) mass is 210 g/mol. The zero-order valence-corrected chi connectivity index (χ0v) is 8.63. The second kappa shape index (κ2) is 4.94. The molecule has 1 heterocycles. The number of benzene rings is 1. The maximum atomic E-state index is 10.1. The highest BCUT2D eigenvalue weighted by Gasteiger charge is 1.96. The van der Waals surface area contributed by atoms with Crippen LogP contribution in [0.2, 0.25) is 0 Å². The summed E-state index contributed by atoms with van der Waals surface area (Å²) in [6.45, 7) is 0. The Balaban J connectivity index is 2.21. The van der Waals surface area contributed by atoms with Gasteiger partial charge in [-0.05, 0) is 12.1 Å². The summed E-state index contributed by atoms with van der Waals surface area (Å²) in [5.74, 6) is 5.62. The minimum Gasteiger partial charge on any atom is -0.302 e. The smallest absolute Gasteiger partial charge is 0.131 e. The van der Waals surface area contributed by atoms with E-state index in [1.807, 2.05) is 36.5 Å². The molecule has 1 aromatic heterocycles. The fraction of sp³-hybridized carbons (Fsp3) is 0.0769. The van der Waals surface area contributed by atoms with E-state index in [4.69, 9.17) is 0 Å². The van der Waals surface area contributed by atoms with E-state index >= 15 is 0 Å². The van der Waals surface area contributed by atoms with Crippen molar-refractivity contribution in [3.63, 3.8) is 0 Å². The molecule has 0 fully saturated rings. The first-order chi connectivity index (χ1) is 7.90. The Labute approximate surface area is 93.7 Å². The molecule has 0 N–H and O–H groups in total. The Morgan fingerprint density at radius 2 is 2.12 bits per heavy atom. The van der Waals surface area contributed by atoms with Crippen LogP contribution in [0.15, 0.2) is 42.7 Å². The van der Waals surface area contributed by atoms with Crippen LogP contribution in [0.25, 0.3) is 5.69 Å². The SMILES string of the molecule is O=CCC#Cc1cnn(-c2ccccc2)c1. The minimum atomic E-state index is 0.260. The average molecular weight is 210 g/mol. The summed E-state index contributed by atoms with van der Waals surface area (Å²) in [6, 6.07) is 9.80. The van der Waals surface area contributed by atoms with Gasteiger partial charge < -0.3 is 4.79 Å². The third-order valence-corrected chi connectivity index (χ3v) is 2.02. The van der Waals surface area contributed by atoms with Gasteiger partial charge in [0.25, 0.3) is 0 Å². The first kappa shape index (κ1) is 10.2. The number of aldehydes is 1. The predicted molar refractivity (Wildman–Crippen MR) is 61.1 cm³/mol. The molecule has 0 atom stereocenters. The van der Waals surface area contributed by atoms with Crippen molar-refractivity contribution in [3.8, 4) is 17.5 Å². The van der Waals surface area contributed by atoms with Crippen molar-refractivity contribution in [3.05, 3.63) is 48.3 Å². The van der Waals surface area contributed by atoms with Crippen molar-refractivity contribution < 1.29 is 4.79 Å². The van der Waals surface area contributed by atoms with E-state index in [2.05, 4.69) is 16.9 Å². The van der Waals surface area contributed by atoms with Crippen LogP contribution in [-0.2, 0) is 4.79 Å². The van der Waals surface area contributed by atoms with E-state index in [1.165, 1.54) is 0 Å². The fourth-order valence-electron chi connectivity index (χ4n) is 1.30. The molecule has 0 aliphatic heterocycles. The molecular formula is C13H10N2O. The van der Waals surface area contributed by atoms with Crippen LogP contribution in [-0.4, -0.2) is 16.1 Å². The van der Waals surface area contributed by atoms with E-state index in [-0.39, 0.29) is 6.42 Å². The predicted octanol–water partition coefficient (Wildman–Crippen LogP) is 1.81. The minimum absolute atomic E-state index is 0.260. The maximum absolute atomic E-state index is 10.1. The number of nitrogens with zero attached hydrogens (tertiary/aromatic N) is 2. The largest absolute Gasteiger partial charge is 0.302 e. The van der Waals surface area contributed by atoms with Crippen LogP contribution in [0.5, 0.6) is 0 Å². The van der Waals surface area contributed by atoms with Gasteiger partial charge in [0.05, 0.1) is 23.9 Å². The molecule has 0 bridgehead atoms. The van der Waals surface area contributed by atoms with Crippen molar-refractivity contribution in [2.75, 3.05) is 0 Å². The van der Waals surface area contributed by atoms with E-state index in [1.54, 1.807) is 10.9 Å². The number of hydrogen-bond acceptors (Lipinski definition) is 2. The zero-order chi connectivity index (χ0) is 11.2. The fourth-order valence-corrected chi connectivity index (χ4v) is 1.30. The summed E-state index contributed by atoms with van der Waals surface area (Å²) < 4.78 is 1.75. The van der Waals surface area contributed by atoms with E-state index in [0.29, 0.717) is 0 Å². The Bertz CT molecular complexity index is 532. The Kier molecular flexibility index (Phi) is 3.15. The molecule has 0 amide bonds. The quantitative estimate of drug-likeness (QED) is 0.559. The number of hydrogen-bond donors (Lipinski definition) is 0. The van der Waals surface area contributed by atoms with Crippen LogP contribution in [0.3, 0.4) is 0 Å². The van der Waals surface area contributed by atoms with Crippen molar-refractivity contribution in [2.24, 2.45) is 0 Å². The summed E-state index contributed by atoms with van der Waals surface area (Å²) >= 11 is 0. The summed E-state index contributed by atoms with van der Waals surface area (Å²) in [5.41, 5.74) is 1.80. The number of aromatic nitrogens is 2. The van der Waals surface area contributed by atoms with Crippen molar-refractivity contribution >= 4 is 6.29 Å². The van der Waals surface area contributed by atoms with Gasteiger partial charge >= 0.3 is 0 Å². The van der Waals surface area contributed by atoms with Crippen molar-refractivity contribution in [2.45, 2.75) is 6.42 Å². The van der Waals surface area contributed by atoms with Gasteiger partial charge in [0, 0.05) is 6.20 Å². The van der Waals surface area contributed by atoms with Crippen LogP contribution < -0.4 is 0 Å². The summed E-state index contributed by atoms with van der Waals surface area (Å²) in [5, 5.41) is 4.19. The molecule has 2 rings (SSSR count). The van der Waals surface area contributed by atoms with E-state index < -0.39 is 0 Å². The van der Waals surface area contributed by atoms with Crippen LogP contribution >= 0.6 is 0 Å². The molecule has 0 radical (unpaired) electrons. The number of carbonyl (C=O) groups excluding carboxylic acids is 1. The third-order valence-electron chi connectivity index (χ3n) is 2.02. The second-order valence-corrected chi connectivity index (χ2v) is 3.18. The number of carbonyl (C=O) groups is 1. The van der Waals surface area contributed by atoms with Gasteiger partial charge in [-0.15, -0.1) is 0 Å². The molecule has 0 aliphatic carbocycles. The Hall–Kier alpha value is -2.34. The molecule has 16 heavy (non-hydrogen) atoms. The molecule has 2 aromatic rings. The molecule has 0 spiro atoms. The highest BCUT2D eigenvalue weighted by molar-refractivity contribution is 5.54. The van der Waals surface area contributed by atoms with Gasteiger partial charge in [-0.3, -0.25) is 0 Å². The molecule has 1 aromatic carbocycles. The lowest BCUT2D eigenvalue weighted by Gasteiger charge is -1.97. The molecule has 0 aliphatic rings. The Morgan fingerprint density at radius 3 is 2.88 bits per heavy atom. The average Bonchev–Trinajstić information content (AvgIpc) is 2.79. The second-order valence-electron chi connectivity index (χ2n) is 3.18. The van der Waals surface area contributed by atoms with Crippen LogP contribution in [0, 0.1) is 11.8 Å². The Morgan fingerprint density at radius 1 is 1.31 bits per heavy atom. The summed E-state index contributed by atoms with van der Waals surface area (Å²) in [6.07, 6.45) is 4.57. The number of rotatable bonds is 2. The van der Waals surface area contributed by atoms with Crippen LogP contribution in [0.1, 0.15) is 12.0 Å². The highest BCUT2D eigenvalue weighted by Crippen LogP contribution is 2.06. The normalized spacial score (nSPS) is 9.25. The van der Waals surface area contributed by atoms with E-state index in [9.17, 15) is 4.79 Å². The highest BCUT2D eigenvalue weighted by atomic mass is 16.1. The third kappa shape index (κ3) is 2.37. The van der Waals surface area contributed by atoms with Gasteiger partial charge in [0.1, 0.15) is 6.29 Å². The molecule has 0 saturated heterocycles. The lowest BCUT2D eigenvalue weighted by Crippen LogP contribution is -1.92. The molecule has 0 unspecified atom stereocenters. The first-order valence-electron chi connectivity index (χ1n) is 4.93. The van der Waals surface area contributed by atoms with E-state index in [0.717, 1.165) is 17.5 Å². The molecule has 78 valence electrons. The van der Waals surface area contributed by atoms with Crippen molar-refractivity contribution in [1.82, 2.24) is 9.78 Å². The molecule has 3 nitrogen and oxygen atoms in total. The van der Waals surface area contributed by atoms with Gasteiger partial charge in [0.2, 0.25) is 0 Å². The van der Waals surface area contributed by atoms with Gasteiger partial charge in [-0.25, -0.2) is 4.68 Å². The molecule has 3 heteroatoms. The zero-order valence-electron chi connectivity index (χ0n) is 8.63. The van der Waals surface area contributed by atoms with Gasteiger partial charge in [-0.1, -0.05) is 30.0 Å².